The lowest BCUT2D eigenvalue weighted by Gasteiger charge is -2.31. The molecule has 148 valence electrons. The average molecular weight is 405 g/mol. The van der Waals surface area contributed by atoms with Gasteiger partial charge in [-0.25, -0.2) is 4.58 Å². The van der Waals surface area contributed by atoms with Gasteiger partial charge in [-0.05, 0) is 53.0 Å². The van der Waals surface area contributed by atoms with Crippen molar-refractivity contribution in [2.24, 2.45) is 0 Å². The first-order valence-corrected chi connectivity index (χ1v) is 11.3. The Balaban J connectivity index is 2.13. The Bertz CT molecular complexity index is 1200. The maximum Gasteiger partial charge on any atom is 0.260 e. The van der Waals surface area contributed by atoms with Crippen molar-refractivity contribution in [3.63, 3.8) is 0 Å². The lowest BCUT2D eigenvalue weighted by Crippen LogP contribution is -2.23. The number of anilines is 1. The monoisotopic (exact) mass is 405 g/mol. The molecule has 0 bridgehead atoms. The Morgan fingerprint density at radius 3 is 2.38 bits per heavy atom. The molecule has 5 heteroatoms. The molecule has 1 aliphatic carbocycles. The van der Waals surface area contributed by atoms with Crippen molar-refractivity contribution >= 4 is 29.6 Å². The van der Waals surface area contributed by atoms with Crippen LogP contribution in [-0.4, -0.2) is 43.4 Å². The standard InChI is InChI=1S/C24H25N2O2P/c1-16-8-6-7-9-19(16)24-20-12-10-17(25(2)3)14-22(20)29(27,28)23-15-18(26(4)5)11-13-21(23)24/h6-15H,1-5H3/p+1. The van der Waals surface area contributed by atoms with Crippen molar-refractivity contribution in [1.82, 2.24) is 0 Å². The van der Waals surface area contributed by atoms with Gasteiger partial charge in [-0.3, -0.25) is 4.57 Å². The van der Waals surface area contributed by atoms with Crippen LogP contribution in [0.5, 0.6) is 0 Å². The summed E-state index contributed by atoms with van der Waals surface area (Å²) in [6, 6.07) is 14.1. The first kappa shape index (κ1) is 19.6. The third-order valence-electron chi connectivity index (χ3n) is 5.60. The minimum Gasteiger partial charge on any atom is -0.378 e. The highest BCUT2D eigenvalue weighted by Gasteiger charge is 2.40. The van der Waals surface area contributed by atoms with Crippen LogP contribution in [0.2, 0.25) is 0 Å². The van der Waals surface area contributed by atoms with Crippen LogP contribution in [0.15, 0.2) is 71.6 Å². The van der Waals surface area contributed by atoms with Gasteiger partial charge in [-0.15, -0.1) is 0 Å². The number of aryl methyl sites for hydroxylation is 1. The van der Waals surface area contributed by atoms with Crippen LogP contribution in [0, 0.1) is 6.92 Å². The van der Waals surface area contributed by atoms with Gasteiger partial charge in [0.25, 0.3) is 7.37 Å². The number of rotatable bonds is 2. The van der Waals surface area contributed by atoms with E-state index in [1.54, 1.807) is 0 Å². The van der Waals surface area contributed by atoms with Gasteiger partial charge in [-0.1, -0.05) is 30.3 Å². The zero-order valence-corrected chi connectivity index (χ0v) is 18.4. The molecule has 0 aromatic heterocycles. The highest BCUT2D eigenvalue weighted by molar-refractivity contribution is 7.71. The second kappa shape index (κ2) is 6.98. The molecule has 4 nitrogen and oxygen atoms in total. The molecule has 4 rings (SSSR count). The van der Waals surface area contributed by atoms with Gasteiger partial charge in [0, 0.05) is 31.9 Å². The van der Waals surface area contributed by atoms with E-state index < -0.39 is 7.37 Å². The largest absolute Gasteiger partial charge is 0.378 e. The van der Waals surface area contributed by atoms with Gasteiger partial charge >= 0.3 is 0 Å². The molecule has 1 unspecified atom stereocenters. The summed E-state index contributed by atoms with van der Waals surface area (Å²) in [6.45, 7) is 2.08. The number of benzene rings is 2. The van der Waals surface area contributed by atoms with E-state index in [4.69, 9.17) is 0 Å². The summed E-state index contributed by atoms with van der Waals surface area (Å²) in [5, 5.41) is 1.01. The van der Waals surface area contributed by atoms with Gasteiger partial charge in [0.05, 0.1) is 10.6 Å². The maximum absolute atomic E-state index is 13.8. The highest BCUT2D eigenvalue weighted by atomic mass is 31.2. The van der Waals surface area contributed by atoms with E-state index in [9.17, 15) is 9.46 Å². The quantitative estimate of drug-likeness (QED) is 0.608. The Labute approximate surface area is 172 Å². The van der Waals surface area contributed by atoms with E-state index >= 15 is 0 Å². The summed E-state index contributed by atoms with van der Waals surface area (Å²) in [5.74, 6) is 0. The summed E-state index contributed by atoms with van der Waals surface area (Å²) < 4.78 is 15.8. The average Bonchev–Trinajstić information content (AvgIpc) is 2.69. The molecule has 1 heterocycles. The van der Waals surface area contributed by atoms with Gasteiger partial charge in [0.15, 0.2) is 5.71 Å². The number of fused-ring (bicyclic) bond motifs is 2. The third kappa shape index (κ3) is 3.13. The van der Waals surface area contributed by atoms with Crippen LogP contribution in [0.3, 0.4) is 0 Å². The first-order chi connectivity index (χ1) is 13.7. The van der Waals surface area contributed by atoms with E-state index in [1.807, 2.05) is 86.2 Å². The molecule has 0 fully saturated rings. The third-order valence-corrected chi connectivity index (χ3v) is 7.65. The summed E-state index contributed by atoms with van der Waals surface area (Å²) in [7, 11) is 4.02. The Hall–Kier alpha value is -2.68. The number of nitrogens with zero attached hydrogens (tertiary/aromatic N) is 2. The second-order valence-electron chi connectivity index (χ2n) is 7.96. The molecular weight excluding hydrogens is 379 g/mol. The van der Waals surface area contributed by atoms with E-state index in [-0.39, 0.29) is 0 Å². The smallest absolute Gasteiger partial charge is 0.260 e. The zero-order chi connectivity index (χ0) is 20.9. The Morgan fingerprint density at radius 2 is 1.72 bits per heavy atom. The zero-order valence-electron chi connectivity index (χ0n) is 17.5. The molecule has 0 saturated heterocycles. The predicted molar refractivity (Wildman–Crippen MR) is 122 cm³/mol. The number of hydrogen-bond donors (Lipinski definition) is 1. The van der Waals surface area contributed by atoms with Crippen molar-refractivity contribution in [2.75, 3.05) is 33.1 Å². The molecule has 0 amide bonds. The van der Waals surface area contributed by atoms with Crippen molar-refractivity contribution in [3.8, 4) is 0 Å². The van der Waals surface area contributed by atoms with Crippen LogP contribution in [0.25, 0.3) is 5.57 Å². The predicted octanol–water partition coefficient (Wildman–Crippen LogP) is 3.94. The Kier molecular flexibility index (Phi) is 4.72. The molecule has 2 aliphatic rings. The summed E-state index contributed by atoms with van der Waals surface area (Å²) in [6.07, 6.45) is 5.86. The molecule has 1 atom stereocenters. The van der Waals surface area contributed by atoms with Crippen molar-refractivity contribution < 1.29 is 14.0 Å². The molecule has 0 spiro atoms. The fourth-order valence-electron chi connectivity index (χ4n) is 3.94. The maximum atomic E-state index is 13.8. The van der Waals surface area contributed by atoms with E-state index in [1.165, 1.54) is 0 Å². The molecule has 1 N–H and O–H groups in total. The fourth-order valence-corrected chi connectivity index (χ4v) is 5.84. The number of allylic oxidation sites excluding steroid dienone is 5. The van der Waals surface area contributed by atoms with Crippen LogP contribution in [0.1, 0.15) is 16.7 Å². The van der Waals surface area contributed by atoms with Crippen LogP contribution < -0.4 is 10.2 Å². The minimum absolute atomic E-state index is 0.505. The highest BCUT2D eigenvalue weighted by Crippen LogP contribution is 2.59. The molecule has 0 radical (unpaired) electrons. The lowest BCUT2D eigenvalue weighted by molar-refractivity contribution is -0.462. The molecule has 2 aromatic carbocycles. The first-order valence-electron chi connectivity index (χ1n) is 9.62. The topological polar surface area (TPSA) is 43.6 Å². The molecule has 1 aliphatic heterocycles. The fraction of sp³-hybridized carbons (Fsp3) is 0.208. The SMILES string of the molecule is Cc1ccccc1C1=C2C=CC(=[N+](C)C)C=C2P(=O)(O)c2cc(N(C)C)ccc21. The molecule has 29 heavy (non-hydrogen) atoms. The molecular formula is C24H26N2O2P+. The number of hydrogen-bond acceptors (Lipinski definition) is 2. The van der Waals surface area contributed by atoms with Gasteiger partial charge in [-0.2, -0.15) is 0 Å². The second-order valence-corrected chi connectivity index (χ2v) is 10.1. The summed E-state index contributed by atoms with van der Waals surface area (Å²) >= 11 is 0. The van der Waals surface area contributed by atoms with Crippen molar-refractivity contribution in [3.05, 3.63) is 88.3 Å². The van der Waals surface area contributed by atoms with Gasteiger partial charge in [0.2, 0.25) is 0 Å². The van der Waals surface area contributed by atoms with Crippen molar-refractivity contribution in [2.45, 2.75) is 6.92 Å². The van der Waals surface area contributed by atoms with E-state index in [0.717, 1.165) is 39.2 Å². The normalized spacial score (nSPS) is 20.2. The van der Waals surface area contributed by atoms with Gasteiger partial charge < -0.3 is 9.79 Å². The van der Waals surface area contributed by atoms with Crippen molar-refractivity contribution in [1.29, 1.82) is 0 Å². The van der Waals surface area contributed by atoms with Crippen LogP contribution in [-0.2, 0) is 4.57 Å². The van der Waals surface area contributed by atoms with Crippen LogP contribution in [0.4, 0.5) is 5.69 Å². The lowest BCUT2D eigenvalue weighted by atomic mass is 9.88. The summed E-state index contributed by atoms with van der Waals surface area (Å²) in [4.78, 5) is 13.3. The van der Waals surface area contributed by atoms with Crippen LogP contribution >= 0.6 is 7.37 Å². The van der Waals surface area contributed by atoms with E-state index in [2.05, 4.69) is 19.1 Å². The Morgan fingerprint density at radius 1 is 1.00 bits per heavy atom. The molecule has 0 saturated carbocycles. The van der Waals surface area contributed by atoms with E-state index in [0.29, 0.717) is 10.6 Å². The van der Waals surface area contributed by atoms with Gasteiger partial charge in [0.1, 0.15) is 14.1 Å². The molecule has 2 aromatic rings. The summed E-state index contributed by atoms with van der Waals surface area (Å²) in [5.41, 5.74) is 6.74. The minimum atomic E-state index is -3.75.